The first-order chi connectivity index (χ1) is 20.2. The lowest BCUT2D eigenvalue weighted by Gasteiger charge is -2.34. The first-order valence-electron chi connectivity index (χ1n) is 13.8. The standard InChI is InChI=1S/C33H36O2P.C2HF3O2/c1-25(20-21-30-26(2)32(35)31(34)24-33(30,3)4)22-23-36(27-14-8-5-9-15-27,28-16-10-6-11-17-28)29-18-12-7-13-19-29;3-2(4,5)1(6)7/h5-22,31,34H,23-24H2,1-4H3;(H,6,7)/q+1;/p-1. The predicted molar refractivity (Wildman–Crippen MR) is 166 cm³/mol. The van der Waals surface area contributed by atoms with E-state index in [9.17, 15) is 23.1 Å². The fraction of sp³-hybridized carbons (Fsp3) is 0.257. The Labute approximate surface area is 251 Å². The number of aliphatic hydroxyl groups is 1. The molecule has 0 heterocycles. The largest absolute Gasteiger partial charge is 0.542 e. The first-order valence-corrected chi connectivity index (χ1v) is 15.8. The maximum absolute atomic E-state index is 12.4. The first kappa shape index (κ1) is 33.7. The normalized spacial score (nSPS) is 17.4. The Hall–Kier alpha value is -3.80. The lowest BCUT2D eigenvalue weighted by molar-refractivity contribution is -0.344. The third-order valence-electron chi connectivity index (χ3n) is 7.53. The van der Waals surface area contributed by atoms with E-state index >= 15 is 0 Å². The second-order valence-electron chi connectivity index (χ2n) is 11.1. The zero-order chi connectivity index (χ0) is 31.8. The Bertz CT molecular complexity index is 1400. The Morgan fingerprint density at radius 3 is 1.70 bits per heavy atom. The number of rotatable bonds is 7. The molecule has 0 fully saturated rings. The van der Waals surface area contributed by atoms with E-state index in [2.05, 4.69) is 130 Å². The van der Waals surface area contributed by atoms with Gasteiger partial charge in [-0.1, -0.05) is 86.2 Å². The third-order valence-corrected chi connectivity index (χ3v) is 11.8. The van der Waals surface area contributed by atoms with Gasteiger partial charge in [0, 0.05) is 0 Å². The van der Waals surface area contributed by atoms with Crippen molar-refractivity contribution in [3.05, 3.63) is 126 Å². The highest BCUT2D eigenvalue weighted by atomic mass is 31.2. The van der Waals surface area contributed by atoms with Crippen LogP contribution in [0.3, 0.4) is 0 Å². The topological polar surface area (TPSA) is 77.4 Å². The number of aliphatic hydroxyl groups excluding tert-OH is 1. The number of carboxylic acid groups (broad SMARTS) is 1. The van der Waals surface area contributed by atoms with Gasteiger partial charge in [-0.05, 0) is 79.3 Å². The zero-order valence-electron chi connectivity index (χ0n) is 24.6. The summed E-state index contributed by atoms with van der Waals surface area (Å²) in [5, 5.41) is 23.0. The van der Waals surface area contributed by atoms with Crippen LogP contribution in [0.25, 0.3) is 0 Å². The third kappa shape index (κ3) is 8.19. The van der Waals surface area contributed by atoms with Crippen LogP contribution in [0.2, 0.25) is 0 Å². The summed E-state index contributed by atoms with van der Waals surface area (Å²) < 4.78 is 31.5. The fourth-order valence-corrected chi connectivity index (χ4v) is 9.43. The van der Waals surface area contributed by atoms with Gasteiger partial charge in [-0.2, -0.15) is 13.2 Å². The summed E-state index contributed by atoms with van der Waals surface area (Å²) in [5.41, 5.74) is 2.60. The number of benzene rings is 3. The average Bonchev–Trinajstić information content (AvgIpc) is 2.97. The molecule has 4 nitrogen and oxygen atoms in total. The summed E-state index contributed by atoms with van der Waals surface area (Å²) in [5.74, 6) is -3.16. The molecule has 0 spiro atoms. The average molecular weight is 609 g/mol. The van der Waals surface area contributed by atoms with Crippen LogP contribution in [-0.2, 0) is 9.59 Å². The van der Waals surface area contributed by atoms with E-state index in [0.717, 1.165) is 17.3 Å². The molecule has 0 aliphatic heterocycles. The van der Waals surface area contributed by atoms with Crippen LogP contribution in [0.1, 0.15) is 34.1 Å². The quantitative estimate of drug-likeness (QED) is 0.286. The lowest BCUT2D eigenvalue weighted by Crippen LogP contribution is -2.37. The van der Waals surface area contributed by atoms with Crippen molar-refractivity contribution in [2.75, 3.05) is 6.16 Å². The lowest BCUT2D eigenvalue weighted by atomic mass is 9.71. The summed E-state index contributed by atoms with van der Waals surface area (Å²) >= 11 is 0. The molecular weight excluding hydrogens is 572 g/mol. The summed E-state index contributed by atoms with van der Waals surface area (Å²) in [6.45, 7) is 8.17. The zero-order valence-corrected chi connectivity index (χ0v) is 25.5. The van der Waals surface area contributed by atoms with Crippen molar-refractivity contribution in [1.29, 1.82) is 0 Å². The number of ketones is 1. The molecule has 226 valence electrons. The van der Waals surface area contributed by atoms with Gasteiger partial charge in [0.15, 0.2) is 5.78 Å². The molecule has 1 aliphatic carbocycles. The number of Topliss-reactive ketones (excluding diaryl/α,β-unsaturated/α-hetero) is 1. The second kappa shape index (κ2) is 14.1. The molecule has 3 aromatic carbocycles. The Kier molecular flexibility index (Phi) is 11.1. The van der Waals surface area contributed by atoms with Crippen molar-refractivity contribution in [1.82, 2.24) is 0 Å². The summed E-state index contributed by atoms with van der Waals surface area (Å²) in [7, 11) is -1.93. The van der Waals surface area contributed by atoms with Crippen LogP contribution in [0, 0.1) is 5.41 Å². The minimum Gasteiger partial charge on any atom is -0.542 e. The molecule has 0 aromatic heterocycles. The van der Waals surface area contributed by atoms with Gasteiger partial charge in [0.05, 0.1) is 6.16 Å². The van der Waals surface area contributed by atoms with Crippen LogP contribution in [0.5, 0.6) is 0 Å². The van der Waals surface area contributed by atoms with Gasteiger partial charge in [0.2, 0.25) is 0 Å². The van der Waals surface area contributed by atoms with E-state index in [1.807, 2.05) is 6.92 Å². The molecule has 43 heavy (non-hydrogen) atoms. The smallest absolute Gasteiger partial charge is 0.430 e. The van der Waals surface area contributed by atoms with E-state index in [-0.39, 0.29) is 11.2 Å². The van der Waals surface area contributed by atoms with Crippen LogP contribution < -0.4 is 21.0 Å². The molecule has 0 saturated carbocycles. The van der Waals surface area contributed by atoms with Gasteiger partial charge < -0.3 is 15.0 Å². The molecule has 1 N–H and O–H groups in total. The van der Waals surface area contributed by atoms with Gasteiger partial charge >= 0.3 is 6.18 Å². The Morgan fingerprint density at radius 1 is 0.930 bits per heavy atom. The van der Waals surface area contributed by atoms with Crippen molar-refractivity contribution in [3.8, 4) is 0 Å². The molecule has 0 amide bonds. The Morgan fingerprint density at radius 2 is 1.33 bits per heavy atom. The minimum absolute atomic E-state index is 0.155. The Balaban J connectivity index is 0.000000646. The van der Waals surface area contributed by atoms with Gasteiger partial charge in [-0.3, -0.25) is 4.79 Å². The highest BCUT2D eigenvalue weighted by Crippen LogP contribution is 2.55. The van der Waals surface area contributed by atoms with Crippen LogP contribution in [0.15, 0.2) is 126 Å². The molecule has 0 saturated heterocycles. The summed E-state index contributed by atoms with van der Waals surface area (Å²) in [6, 6.07) is 32.7. The van der Waals surface area contributed by atoms with Gasteiger partial charge in [-0.25, -0.2) is 0 Å². The number of carbonyl (C=O) groups is 2. The number of hydrogen-bond acceptors (Lipinski definition) is 4. The number of aliphatic carboxylic acids is 1. The monoisotopic (exact) mass is 608 g/mol. The maximum atomic E-state index is 12.4. The number of allylic oxidation sites excluding steroid dienone is 5. The number of carbonyl (C=O) groups excluding carboxylic acids is 2. The predicted octanol–water partition coefficient (Wildman–Crippen LogP) is 5.46. The van der Waals surface area contributed by atoms with E-state index < -0.39 is 25.5 Å². The van der Waals surface area contributed by atoms with E-state index in [1.165, 1.54) is 15.9 Å². The van der Waals surface area contributed by atoms with E-state index in [1.54, 1.807) is 0 Å². The van der Waals surface area contributed by atoms with Crippen molar-refractivity contribution in [3.63, 3.8) is 0 Å². The summed E-state index contributed by atoms with van der Waals surface area (Å²) in [6.07, 6.45) is 1.82. The SMILES string of the molecule is CC(C=CC1=C(C)C(=O)C(O)CC1(C)C)=CC[P+](c1ccccc1)(c1ccccc1)c1ccccc1.O=C([O-])C(F)(F)F. The molecule has 0 radical (unpaired) electrons. The van der Waals surface area contributed by atoms with Gasteiger partial charge in [0.25, 0.3) is 0 Å². The van der Waals surface area contributed by atoms with Crippen molar-refractivity contribution in [2.24, 2.45) is 5.41 Å². The van der Waals surface area contributed by atoms with Gasteiger partial charge in [-0.15, -0.1) is 0 Å². The van der Waals surface area contributed by atoms with E-state index in [4.69, 9.17) is 9.90 Å². The van der Waals surface area contributed by atoms with Crippen molar-refractivity contribution in [2.45, 2.75) is 46.4 Å². The summed E-state index contributed by atoms with van der Waals surface area (Å²) in [4.78, 5) is 21.2. The highest BCUT2D eigenvalue weighted by molar-refractivity contribution is 7.95. The number of hydrogen-bond donors (Lipinski definition) is 1. The number of alkyl halides is 3. The molecule has 4 rings (SSSR count). The molecule has 3 aromatic rings. The van der Waals surface area contributed by atoms with Crippen LogP contribution >= 0.6 is 7.26 Å². The van der Waals surface area contributed by atoms with E-state index in [0.29, 0.717) is 12.0 Å². The molecular formula is C35H36F3O4P. The van der Waals surface area contributed by atoms with Crippen molar-refractivity contribution >= 4 is 34.9 Å². The fourth-order valence-electron chi connectivity index (χ4n) is 5.30. The second-order valence-corrected chi connectivity index (χ2v) is 14.6. The van der Waals surface area contributed by atoms with Crippen LogP contribution in [0.4, 0.5) is 13.2 Å². The van der Waals surface area contributed by atoms with Crippen LogP contribution in [-0.4, -0.2) is 35.3 Å². The molecule has 8 heteroatoms. The van der Waals surface area contributed by atoms with Crippen molar-refractivity contribution < 1.29 is 33.0 Å². The molecule has 0 bridgehead atoms. The number of carboxylic acids is 1. The minimum atomic E-state index is -5.19. The maximum Gasteiger partial charge on any atom is 0.430 e. The molecule has 1 aliphatic rings. The molecule has 1 unspecified atom stereocenters. The van der Waals surface area contributed by atoms with Gasteiger partial charge in [0.1, 0.15) is 35.2 Å². The highest BCUT2D eigenvalue weighted by Gasteiger charge is 2.44. The molecule has 1 atom stereocenters. The number of halogens is 3.